The first-order chi connectivity index (χ1) is 10.8. The van der Waals surface area contributed by atoms with Gasteiger partial charge in [-0.2, -0.15) is 5.10 Å². The standard InChI is InChI=1S/C17H19BrFN3O/c1-17(2,3)22-15(13(18)14(21-22)10-8-9-10)20-16(23)11-6-4-5-7-12(11)19/h4-7,10H,8-9H2,1-3H3,(H,20,23). The van der Waals surface area contributed by atoms with Gasteiger partial charge in [-0.3, -0.25) is 4.79 Å². The van der Waals surface area contributed by atoms with Crippen molar-refractivity contribution < 1.29 is 9.18 Å². The molecule has 6 heteroatoms. The van der Waals surface area contributed by atoms with Gasteiger partial charge in [-0.15, -0.1) is 0 Å². The van der Waals surface area contributed by atoms with Crippen molar-refractivity contribution in [2.75, 3.05) is 5.32 Å². The molecule has 2 aromatic rings. The third-order valence-corrected chi connectivity index (χ3v) is 4.58. The van der Waals surface area contributed by atoms with Crippen LogP contribution in [0.2, 0.25) is 0 Å². The Hall–Kier alpha value is -1.69. The van der Waals surface area contributed by atoms with E-state index in [0.717, 1.165) is 23.0 Å². The molecule has 0 spiro atoms. The van der Waals surface area contributed by atoms with Crippen LogP contribution in [0.1, 0.15) is 55.6 Å². The predicted octanol–water partition coefficient (Wildman–Crippen LogP) is 4.67. The molecule has 1 aliphatic carbocycles. The van der Waals surface area contributed by atoms with Gasteiger partial charge >= 0.3 is 0 Å². The molecule has 23 heavy (non-hydrogen) atoms. The van der Waals surface area contributed by atoms with Crippen LogP contribution in [0.15, 0.2) is 28.7 Å². The minimum absolute atomic E-state index is 0.0223. The van der Waals surface area contributed by atoms with Gasteiger partial charge in [-0.1, -0.05) is 12.1 Å². The summed E-state index contributed by atoms with van der Waals surface area (Å²) in [6, 6.07) is 5.95. The van der Waals surface area contributed by atoms with Crippen molar-refractivity contribution in [1.29, 1.82) is 0 Å². The highest BCUT2D eigenvalue weighted by molar-refractivity contribution is 9.10. The number of nitrogens with one attached hydrogen (secondary N) is 1. The van der Waals surface area contributed by atoms with Crippen molar-refractivity contribution in [3.8, 4) is 0 Å². The molecule has 1 saturated carbocycles. The first-order valence-corrected chi connectivity index (χ1v) is 8.43. The molecule has 1 fully saturated rings. The van der Waals surface area contributed by atoms with Gasteiger partial charge in [-0.25, -0.2) is 9.07 Å². The number of benzene rings is 1. The second kappa shape index (κ2) is 5.74. The first-order valence-electron chi connectivity index (χ1n) is 7.64. The number of hydrogen-bond donors (Lipinski definition) is 1. The molecule has 1 aliphatic rings. The monoisotopic (exact) mass is 379 g/mol. The summed E-state index contributed by atoms with van der Waals surface area (Å²) in [5.74, 6) is 0.00616. The van der Waals surface area contributed by atoms with Crippen molar-refractivity contribution in [3.05, 3.63) is 45.8 Å². The number of aromatic nitrogens is 2. The predicted molar refractivity (Wildman–Crippen MR) is 91.3 cm³/mol. The summed E-state index contributed by atoms with van der Waals surface area (Å²) < 4.78 is 16.4. The topological polar surface area (TPSA) is 46.9 Å². The molecule has 0 atom stereocenters. The molecule has 122 valence electrons. The molecule has 1 N–H and O–H groups in total. The summed E-state index contributed by atoms with van der Waals surface area (Å²) in [4.78, 5) is 12.4. The molecule has 4 nitrogen and oxygen atoms in total. The van der Waals surface area contributed by atoms with Crippen LogP contribution in [0.3, 0.4) is 0 Å². The summed E-state index contributed by atoms with van der Waals surface area (Å²) in [7, 11) is 0. The summed E-state index contributed by atoms with van der Waals surface area (Å²) >= 11 is 3.56. The van der Waals surface area contributed by atoms with Crippen LogP contribution in [0.4, 0.5) is 10.2 Å². The van der Waals surface area contributed by atoms with Crippen LogP contribution in [0.25, 0.3) is 0 Å². The number of rotatable bonds is 3. The highest BCUT2D eigenvalue weighted by atomic mass is 79.9. The maximum Gasteiger partial charge on any atom is 0.259 e. The second-order valence-corrected chi connectivity index (χ2v) is 7.63. The number of amides is 1. The van der Waals surface area contributed by atoms with E-state index in [1.165, 1.54) is 12.1 Å². The van der Waals surface area contributed by atoms with Crippen LogP contribution >= 0.6 is 15.9 Å². The van der Waals surface area contributed by atoms with Gasteiger partial charge in [0.05, 0.1) is 21.3 Å². The van der Waals surface area contributed by atoms with Gasteiger partial charge in [0.2, 0.25) is 0 Å². The van der Waals surface area contributed by atoms with Crippen molar-refractivity contribution in [2.24, 2.45) is 0 Å². The zero-order valence-electron chi connectivity index (χ0n) is 13.4. The Morgan fingerprint density at radius 1 is 1.35 bits per heavy atom. The molecule has 0 bridgehead atoms. The molecule has 0 unspecified atom stereocenters. The fourth-order valence-electron chi connectivity index (χ4n) is 2.45. The number of nitrogens with zero attached hydrogens (tertiary/aromatic N) is 2. The fourth-order valence-corrected chi connectivity index (χ4v) is 3.12. The Morgan fingerprint density at radius 2 is 2.00 bits per heavy atom. The van der Waals surface area contributed by atoms with Crippen LogP contribution in [0.5, 0.6) is 0 Å². The number of hydrogen-bond acceptors (Lipinski definition) is 2. The van der Waals surface area contributed by atoms with Gasteiger partial charge in [0, 0.05) is 5.92 Å². The number of carbonyl (C=O) groups excluding carboxylic acids is 1. The number of carbonyl (C=O) groups is 1. The minimum Gasteiger partial charge on any atom is -0.306 e. The van der Waals surface area contributed by atoms with Gasteiger partial charge in [0.15, 0.2) is 0 Å². The average molecular weight is 380 g/mol. The zero-order valence-corrected chi connectivity index (χ0v) is 14.9. The maximum atomic E-state index is 13.8. The SMILES string of the molecule is CC(C)(C)n1nc(C2CC2)c(Br)c1NC(=O)c1ccccc1F. The molecule has 0 radical (unpaired) electrons. The Balaban J connectivity index is 1.99. The maximum absolute atomic E-state index is 13.8. The van der Waals surface area contributed by atoms with E-state index in [-0.39, 0.29) is 11.1 Å². The van der Waals surface area contributed by atoms with Crippen LogP contribution in [-0.4, -0.2) is 15.7 Å². The van der Waals surface area contributed by atoms with Crippen molar-refractivity contribution in [2.45, 2.75) is 45.1 Å². The average Bonchev–Trinajstić information content (AvgIpc) is 3.25. The zero-order chi connectivity index (χ0) is 16.8. The van der Waals surface area contributed by atoms with E-state index < -0.39 is 11.7 Å². The van der Waals surface area contributed by atoms with Crippen LogP contribution in [0, 0.1) is 5.82 Å². The minimum atomic E-state index is -0.537. The third kappa shape index (κ3) is 3.17. The molecular weight excluding hydrogens is 361 g/mol. The van der Waals surface area contributed by atoms with Gasteiger partial charge in [-0.05, 0) is 61.7 Å². The summed E-state index contributed by atoms with van der Waals surface area (Å²) in [5, 5.41) is 7.49. The van der Waals surface area contributed by atoms with Gasteiger partial charge < -0.3 is 5.32 Å². The molecule has 0 aliphatic heterocycles. The molecule has 1 aromatic carbocycles. The molecule has 3 rings (SSSR count). The highest BCUT2D eigenvalue weighted by Gasteiger charge is 2.34. The first kappa shape index (κ1) is 16.2. The van der Waals surface area contributed by atoms with Crippen molar-refractivity contribution in [3.63, 3.8) is 0 Å². The fraction of sp³-hybridized carbons (Fsp3) is 0.412. The summed E-state index contributed by atoms with van der Waals surface area (Å²) in [5.41, 5.74) is 0.686. The Labute approximate surface area is 143 Å². The summed E-state index contributed by atoms with van der Waals surface area (Å²) in [6.45, 7) is 6.05. The lowest BCUT2D eigenvalue weighted by Gasteiger charge is -2.22. The van der Waals surface area contributed by atoms with E-state index in [1.54, 1.807) is 16.8 Å². The number of anilines is 1. The molecule has 1 aromatic heterocycles. The highest BCUT2D eigenvalue weighted by Crippen LogP contribution is 2.45. The molecule has 1 amide bonds. The van der Waals surface area contributed by atoms with Crippen molar-refractivity contribution >= 4 is 27.7 Å². The molecule has 1 heterocycles. The van der Waals surface area contributed by atoms with E-state index in [9.17, 15) is 9.18 Å². The lowest BCUT2D eigenvalue weighted by molar-refractivity contribution is 0.102. The van der Waals surface area contributed by atoms with Crippen molar-refractivity contribution in [1.82, 2.24) is 9.78 Å². The van der Waals surface area contributed by atoms with E-state index in [4.69, 9.17) is 0 Å². The summed E-state index contributed by atoms with van der Waals surface area (Å²) in [6.07, 6.45) is 2.22. The Morgan fingerprint density at radius 3 is 2.57 bits per heavy atom. The third-order valence-electron chi connectivity index (χ3n) is 3.80. The smallest absolute Gasteiger partial charge is 0.259 e. The quantitative estimate of drug-likeness (QED) is 0.841. The van der Waals surface area contributed by atoms with Gasteiger partial charge in [0.1, 0.15) is 11.6 Å². The second-order valence-electron chi connectivity index (χ2n) is 6.84. The molecule has 0 saturated heterocycles. The lowest BCUT2D eigenvalue weighted by atomic mass is 10.1. The van der Waals surface area contributed by atoms with E-state index >= 15 is 0 Å². The van der Waals surface area contributed by atoms with Gasteiger partial charge in [0.25, 0.3) is 5.91 Å². The Kier molecular flexibility index (Phi) is 4.04. The van der Waals surface area contributed by atoms with E-state index in [0.29, 0.717) is 11.7 Å². The normalized spacial score (nSPS) is 14.8. The largest absolute Gasteiger partial charge is 0.306 e. The van der Waals surface area contributed by atoms with E-state index in [1.807, 2.05) is 20.8 Å². The lowest BCUT2D eigenvalue weighted by Crippen LogP contribution is -2.27. The molecular formula is C17H19BrFN3O. The Bertz CT molecular complexity index is 760. The van der Waals surface area contributed by atoms with E-state index in [2.05, 4.69) is 26.3 Å². The van der Waals surface area contributed by atoms with Crippen LogP contribution in [-0.2, 0) is 5.54 Å². The number of halogens is 2. The van der Waals surface area contributed by atoms with Crippen LogP contribution < -0.4 is 5.32 Å².